The second-order valence-electron chi connectivity index (χ2n) is 27.6. The van der Waals surface area contributed by atoms with E-state index < -0.39 is 120 Å². The van der Waals surface area contributed by atoms with E-state index in [0.717, 1.165) is 53.8 Å². The Kier molecular flexibility index (Phi) is 13.5. The van der Waals surface area contributed by atoms with Crippen LogP contribution in [0.3, 0.4) is 0 Å². The molecule has 17 rings (SSSR count). The summed E-state index contributed by atoms with van der Waals surface area (Å²) in [5.41, 5.74) is 5.75. The molecule has 8 heterocycles. The van der Waals surface area contributed by atoms with E-state index in [9.17, 15) is 2.74 Å². The average molecular weight is 1740 g/mol. The van der Waals surface area contributed by atoms with Crippen LogP contribution in [0.1, 0.15) is 111 Å². The van der Waals surface area contributed by atoms with Crippen LogP contribution in [-0.4, -0.2) is 52.6 Å². The normalized spacial score (nSPS) is 15.4. The van der Waals surface area contributed by atoms with E-state index in [4.69, 9.17) is 37.8 Å². The van der Waals surface area contributed by atoms with E-state index >= 15 is 0 Å². The van der Waals surface area contributed by atoms with Gasteiger partial charge in [0.2, 0.25) is 5.69 Å². The van der Waals surface area contributed by atoms with Gasteiger partial charge >= 0.3 is 54.1 Å². The van der Waals surface area contributed by atoms with Crippen molar-refractivity contribution in [3.8, 4) is 56.9 Å². The van der Waals surface area contributed by atoms with Gasteiger partial charge in [-0.15, -0.1) is 58.3 Å². The summed E-state index contributed by atoms with van der Waals surface area (Å²) in [5, 5.41) is 3.62. The molecule has 0 radical (unpaired) electrons. The van der Waals surface area contributed by atoms with Crippen LogP contribution < -0.4 is 23.2 Å². The van der Waals surface area contributed by atoms with E-state index in [1.807, 2.05) is 109 Å². The van der Waals surface area contributed by atoms with Gasteiger partial charge in [0.25, 0.3) is 22.7 Å². The largest absolute Gasteiger partial charge is 2.00 e. The summed E-state index contributed by atoms with van der Waals surface area (Å²) in [6, 6.07) is 50.7. The monoisotopic (exact) mass is 1740 g/mol. The fourth-order valence-corrected chi connectivity index (χ4v) is 12.6. The zero-order chi connectivity index (χ0) is 86.5. The quantitative estimate of drug-likeness (QED) is 0.0946. The van der Waals surface area contributed by atoms with Crippen molar-refractivity contribution in [3.63, 3.8) is 0 Å². The molecule has 0 amide bonds. The van der Waals surface area contributed by atoms with Gasteiger partial charge in [-0.2, -0.15) is 12.1 Å². The van der Waals surface area contributed by atoms with Gasteiger partial charge in [0.15, 0.2) is 6.98 Å². The molecule has 6 aromatic heterocycles. The zero-order valence-electron chi connectivity index (χ0n) is 76.6. The summed E-state index contributed by atoms with van der Waals surface area (Å²) < 4.78 is 186. The summed E-state index contributed by atoms with van der Waals surface area (Å²) in [6.45, 7) is 14.0. The van der Waals surface area contributed by atoms with Gasteiger partial charge in [0, 0.05) is 76.2 Å². The summed E-state index contributed by atoms with van der Waals surface area (Å²) in [7, 11) is 0. The molecule has 0 fully saturated rings. The summed E-state index contributed by atoms with van der Waals surface area (Å²) in [5.74, 6) is 2.55. The predicted molar refractivity (Wildman–Crippen MR) is 412 cm³/mol. The van der Waals surface area contributed by atoms with Crippen molar-refractivity contribution in [3.05, 3.63) is 296 Å². The Morgan fingerprint density at radius 3 is 1.40 bits per heavy atom. The SMILES string of the molecule is [2H]C([2H])([2H])c1ccnc(-n2c3[c-]c(Oc4[c-]c([N+]5=C=[N+](C([2H])([2H])[2H])c6ccccc65)cc(C(C)(C)C)c4)ccc3c3ccncc32)c1.[2H]c1c([2H])c([2H])c(-c2c([2H])c([2H])c([2H])c(-c3c([2H])c([2H])c([2H])c([2H])c3[2H])c2[N+]2=C=[N+](c3[c-]c(Oc4[c-]c5c(cc4)c4ccncc4n5-c4cc(C(C)(C)C)ccn4)cc(C(C)(C)C)c3)c3ccccc32)c([2H])c1[2H].[Pt+2].[Pt+2]. The topological polar surface area (TPSA) is 91.9 Å². The maximum Gasteiger partial charge on any atom is 2.00 e. The molecule has 0 saturated heterocycles. The molecule has 0 N–H and O–H groups in total. The minimum atomic E-state index is -2.43. The first-order valence-electron chi connectivity index (χ1n) is 42.3. The Bertz CT molecular complexity index is 6960. The number of nitrogens with zero attached hydrogens (tertiary/aromatic N) is 10. The van der Waals surface area contributed by atoms with E-state index in [1.165, 1.54) is 16.8 Å². The van der Waals surface area contributed by atoms with Gasteiger partial charge in [0.1, 0.15) is 27.1 Å². The molecule has 0 bridgehead atoms. The molecule has 2 aliphatic rings. The number of fused-ring (bicyclic) bond motifs is 8. The third-order valence-electron chi connectivity index (χ3n) is 17.7. The van der Waals surface area contributed by atoms with Crippen molar-refractivity contribution in [1.82, 2.24) is 42.8 Å². The smallest absolute Gasteiger partial charge is 0.509 e. The Morgan fingerprint density at radius 1 is 0.433 bits per heavy atom. The number of pyridine rings is 4. The molecular formula is C90H74N10O2Pt2+4. The number of hydrogen-bond donors (Lipinski definition) is 0. The molecule has 2 aliphatic heterocycles. The van der Waals surface area contributed by atoms with Crippen molar-refractivity contribution < 1.29 is 82.2 Å². The molecule has 0 aliphatic carbocycles. The maximum atomic E-state index is 9.42. The first-order valence-corrected chi connectivity index (χ1v) is 32.8. The third-order valence-corrected chi connectivity index (χ3v) is 17.7. The van der Waals surface area contributed by atoms with Crippen LogP contribution in [0.5, 0.6) is 23.0 Å². The van der Waals surface area contributed by atoms with E-state index in [1.54, 1.807) is 82.6 Å². The van der Waals surface area contributed by atoms with Crippen molar-refractivity contribution in [1.29, 1.82) is 0 Å². The molecule has 9 aromatic carbocycles. The van der Waals surface area contributed by atoms with E-state index in [-0.39, 0.29) is 70.0 Å². The van der Waals surface area contributed by atoms with Gasteiger partial charge in [0.05, 0.1) is 52.4 Å². The van der Waals surface area contributed by atoms with Crippen molar-refractivity contribution >= 4 is 95.4 Å². The summed E-state index contributed by atoms with van der Waals surface area (Å²) >= 11 is 0. The van der Waals surface area contributed by atoms with Gasteiger partial charge in [-0.3, -0.25) is 9.97 Å². The Hall–Kier alpha value is -11.1. The number of aryl methyl sites for hydroxylation is 1. The second kappa shape index (κ2) is 27.9. The maximum absolute atomic E-state index is 9.42. The van der Waals surface area contributed by atoms with Crippen molar-refractivity contribution in [2.75, 3.05) is 6.98 Å². The molecule has 512 valence electrons. The Balaban J connectivity index is 0.000000217. The van der Waals surface area contributed by atoms with Crippen molar-refractivity contribution in [2.45, 2.75) is 85.4 Å². The minimum absolute atomic E-state index is 0. The number of ether oxygens (including phenoxy) is 2. The average Bonchev–Trinajstić information content (AvgIpc) is 1.27. The molecule has 0 atom stereocenters. The van der Waals surface area contributed by atoms with Crippen LogP contribution in [0.25, 0.3) is 77.5 Å². The van der Waals surface area contributed by atoms with E-state index in [2.05, 4.69) is 98.8 Å². The van der Waals surface area contributed by atoms with Crippen LogP contribution in [0.2, 0.25) is 0 Å². The molecule has 0 spiro atoms. The minimum Gasteiger partial charge on any atom is -0.509 e. The zero-order valence-corrected chi connectivity index (χ0v) is 62.1. The molecule has 0 unspecified atom stereocenters. The standard InChI is InChI=1S/C55H45N5O.C35H29N5O.2Pt/c1-54(2,3)39-26-29-57-52(32-39)60-50-34-42(24-25-46(50)47-27-28-56-35-51(47)60)61-43-31-40(55(4,5)6)30-41(33-43)58-36-59(49-23-14-13-22-48(49)58)53-44(37-16-9-7-10-17-37)20-15-21-45(53)38-18-11-8-12-19-38;1-23-12-15-37-34(16-23)40-32-20-26(10-11-28(32)29-13-14-36-21-33(29)40)41-27-18-24(35(2,3)4)17-25(19-27)39-22-38(5)30-8-6-7-9-31(30)39;;/h7-32,35H,1-6H3;6-18,21H,1-5H3;;/q;;2*+2/i7D,8D,9D,10D,11D,12D,15D,16D,17D,18D,19D,20D,21D;1D3,5D3;;. The summed E-state index contributed by atoms with van der Waals surface area (Å²) in [4.78, 5) is 18.1. The van der Waals surface area contributed by atoms with Gasteiger partial charge < -0.3 is 18.6 Å². The first-order chi connectivity index (χ1) is 57.1. The predicted octanol–water partition coefficient (Wildman–Crippen LogP) is 21.6. The Morgan fingerprint density at radius 2 is 0.904 bits per heavy atom. The molecule has 15 aromatic rings. The fraction of sp³-hybridized carbons (Fsp3) is 0.156. The number of para-hydroxylation sites is 5. The Labute approximate surface area is 661 Å². The fourth-order valence-electron chi connectivity index (χ4n) is 12.6. The molecule has 104 heavy (non-hydrogen) atoms. The third kappa shape index (κ3) is 13.3. The van der Waals surface area contributed by atoms with Gasteiger partial charge in [-0.1, -0.05) is 202 Å². The number of aromatic nitrogens is 6. The van der Waals surface area contributed by atoms with Crippen LogP contribution in [0.4, 0.5) is 39.8 Å². The molecule has 12 nitrogen and oxygen atoms in total. The molecule has 14 heteroatoms. The molecule has 0 saturated carbocycles. The van der Waals surface area contributed by atoms with Crippen LogP contribution >= 0.6 is 0 Å². The number of hydrogen-bond acceptors (Lipinski definition) is 6. The van der Waals surface area contributed by atoms with Crippen LogP contribution in [0.15, 0.2) is 249 Å². The number of rotatable bonds is 11. The molecular weight excluding hydrogens is 1640 g/mol. The number of benzene rings is 9. The summed E-state index contributed by atoms with van der Waals surface area (Å²) in [6.07, 6.45) is 10.2. The second-order valence-corrected chi connectivity index (χ2v) is 27.6. The van der Waals surface area contributed by atoms with Crippen LogP contribution in [-0.2, 0) is 58.4 Å². The van der Waals surface area contributed by atoms with Gasteiger partial charge in [-0.05, 0) is 109 Å². The first kappa shape index (κ1) is 50.3. The van der Waals surface area contributed by atoms with Crippen LogP contribution in [0, 0.1) is 31.1 Å². The van der Waals surface area contributed by atoms with E-state index in [0.29, 0.717) is 74.0 Å². The van der Waals surface area contributed by atoms with Gasteiger partial charge in [-0.25, -0.2) is 9.97 Å². The van der Waals surface area contributed by atoms with Crippen molar-refractivity contribution in [2.24, 2.45) is 0 Å².